The molecule has 0 saturated heterocycles. The molecule has 0 aliphatic heterocycles. The Morgan fingerprint density at radius 2 is 2.00 bits per heavy atom. The number of primary amides is 1. The van der Waals surface area contributed by atoms with Crippen molar-refractivity contribution in [1.29, 1.82) is 0 Å². The Labute approximate surface area is 140 Å². The van der Waals surface area contributed by atoms with Gasteiger partial charge in [0.05, 0.1) is 6.54 Å². The van der Waals surface area contributed by atoms with Crippen molar-refractivity contribution in [1.82, 2.24) is 15.0 Å². The third kappa shape index (κ3) is 4.56. The second-order valence-electron chi connectivity index (χ2n) is 5.89. The molecule has 2 unspecified atom stereocenters. The summed E-state index contributed by atoms with van der Waals surface area (Å²) in [6.45, 7) is 0.114. The van der Waals surface area contributed by atoms with Crippen molar-refractivity contribution in [2.75, 3.05) is 13.1 Å². The lowest BCUT2D eigenvalue weighted by Crippen LogP contribution is -2.47. The SMILES string of the molecule is NCC1CCCCC1NC(=O)CNS(=O)(=O)c1c[nH]c(C(N)=O)c1. The largest absolute Gasteiger partial charge is 0.364 e. The predicted octanol–water partition coefficient (Wildman–Crippen LogP) is -0.974. The normalized spacial score (nSPS) is 21.4. The summed E-state index contributed by atoms with van der Waals surface area (Å²) in [6.07, 6.45) is 5.07. The summed E-state index contributed by atoms with van der Waals surface area (Å²) < 4.78 is 26.4. The van der Waals surface area contributed by atoms with E-state index < -0.39 is 21.8 Å². The molecule has 1 aromatic rings. The third-order valence-electron chi connectivity index (χ3n) is 4.21. The number of aromatic nitrogens is 1. The minimum atomic E-state index is -3.90. The van der Waals surface area contributed by atoms with Crippen LogP contribution in [0.15, 0.2) is 17.2 Å². The van der Waals surface area contributed by atoms with E-state index >= 15 is 0 Å². The molecule has 0 radical (unpaired) electrons. The van der Waals surface area contributed by atoms with E-state index in [4.69, 9.17) is 11.5 Å². The predicted molar refractivity (Wildman–Crippen MR) is 87.4 cm³/mol. The lowest BCUT2D eigenvalue weighted by atomic mass is 9.84. The summed E-state index contributed by atoms with van der Waals surface area (Å²) in [5, 5.41) is 2.84. The van der Waals surface area contributed by atoms with E-state index in [2.05, 4.69) is 15.0 Å². The zero-order valence-electron chi connectivity index (χ0n) is 13.2. The second-order valence-corrected chi connectivity index (χ2v) is 7.66. The van der Waals surface area contributed by atoms with Crippen LogP contribution in [0.3, 0.4) is 0 Å². The van der Waals surface area contributed by atoms with Crippen molar-refractivity contribution in [3.63, 3.8) is 0 Å². The molecule has 10 heteroatoms. The number of amides is 2. The van der Waals surface area contributed by atoms with E-state index in [1.165, 1.54) is 0 Å². The Morgan fingerprint density at radius 1 is 1.29 bits per heavy atom. The van der Waals surface area contributed by atoms with Crippen LogP contribution in [0.2, 0.25) is 0 Å². The van der Waals surface area contributed by atoms with Gasteiger partial charge in [-0.15, -0.1) is 0 Å². The smallest absolute Gasteiger partial charge is 0.265 e. The van der Waals surface area contributed by atoms with Crippen molar-refractivity contribution in [2.24, 2.45) is 17.4 Å². The van der Waals surface area contributed by atoms with Gasteiger partial charge in [0, 0.05) is 12.2 Å². The van der Waals surface area contributed by atoms with Crippen LogP contribution >= 0.6 is 0 Å². The van der Waals surface area contributed by atoms with Crippen LogP contribution in [-0.2, 0) is 14.8 Å². The molecule has 2 amide bonds. The van der Waals surface area contributed by atoms with Crippen LogP contribution < -0.4 is 21.5 Å². The maximum absolute atomic E-state index is 12.1. The van der Waals surface area contributed by atoms with Crippen molar-refractivity contribution in [3.8, 4) is 0 Å². The Kier molecular flexibility index (Phi) is 5.97. The summed E-state index contributed by atoms with van der Waals surface area (Å²) in [4.78, 5) is 25.3. The van der Waals surface area contributed by atoms with Gasteiger partial charge in [0.25, 0.3) is 5.91 Å². The molecule has 7 N–H and O–H groups in total. The maximum atomic E-state index is 12.1. The zero-order valence-corrected chi connectivity index (χ0v) is 14.1. The zero-order chi connectivity index (χ0) is 17.7. The number of H-pyrrole nitrogens is 1. The molecule has 1 aliphatic rings. The highest BCUT2D eigenvalue weighted by Gasteiger charge is 2.26. The number of carbonyl (C=O) groups excluding carboxylic acids is 2. The molecule has 134 valence electrons. The summed E-state index contributed by atoms with van der Waals surface area (Å²) in [6, 6.07) is 1.10. The van der Waals surface area contributed by atoms with Gasteiger partial charge in [0.2, 0.25) is 15.9 Å². The minimum absolute atomic E-state index is 0.0190. The molecule has 0 aromatic carbocycles. The third-order valence-corrected chi connectivity index (χ3v) is 5.59. The molecular weight excluding hydrogens is 334 g/mol. The molecule has 1 aromatic heterocycles. The summed E-state index contributed by atoms with van der Waals surface area (Å²) in [5.41, 5.74) is 10.8. The Morgan fingerprint density at radius 3 is 2.62 bits per heavy atom. The highest BCUT2D eigenvalue weighted by atomic mass is 32.2. The monoisotopic (exact) mass is 357 g/mol. The number of hydrogen-bond donors (Lipinski definition) is 5. The number of nitrogens with one attached hydrogen (secondary N) is 3. The Bertz CT molecular complexity index is 700. The fourth-order valence-electron chi connectivity index (χ4n) is 2.85. The molecule has 2 atom stereocenters. The van der Waals surface area contributed by atoms with E-state index in [-0.39, 0.29) is 29.1 Å². The van der Waals surface area contributed by atoms with E-state index in [9.17, 15) is 18.0 Å². The number of hydrogen-bond acceptors (Lipinski definition) is 5. The van der Waals surface area contributed by atoms with Gasteiger partial charge in [-0.25, -0.2) is 13.1 Å². The fourth-order valence-corrected chi connectivity index (χ4v) is 3.83. The molecule has 1 saturated carbocycles. The van der Waals surface area contributed by atoms with Gasteiger partial charge >= 0.3 is 0 Å². The number of nitrogens with two attached hydrogens (primary N) is 2. The van der Waals surface area contributed by atoms with E-state index in [0.717, 1.165) is 37.9 Å². The van der Waals surface area contributed by atoms with Crippen molar-refractivity contribution >= 4 is 21.8 Å². The lowest BCUT2D eigenvalue weighted by molar-refractivity contribution is -0.121. The summed E-state index contributed by atoms with van der Waals surface area (Å²) >= 11 is 0. The van der Waals surface area contributed by atoms with Gasteiger partial charge in [-0.2, -0.15) is 0 Å². The summed E-state index contributed by atoms with van der Waals surface area (Å²) in [5.74, 6) is -0.948. The highest BCUT2D eigenvalue weighted by molar-refractivity contribution is 7.89. The first-order valence-electron chi connectivity index (χ1n) is 7.81. The van der Waals surface area contributed by atoms with Gasteiger partial charge in [0.1, 0.15) is 10.6 Å². The molecule has 1 aliphatic carbocycles. The topological polar surface area (TPSA) is 160 Å². The maximum Gasteiger partial charge on any atom is 0.265 e. The summed E-state index contributed by atoms with van der Waals surface area (Å²) in [7, 11) is -3.90. The van der Waals surface area contributed by atoms with E-state index in [0.29, 0.717) is 6.54 Å². The first-order valence-corrected chi connectivity index (χ1v) is 9.29. The van der Waals surface area contributed by atoms with Gasteiger partial charge < -0.3 is 21.8 Å². The minimum Gasteiger partial charge on any atom is -0.364 e. The van der Waals surface area contributed by atoms with Crippen LogP contribution in [-0.4, -0.2) is 44.3 Å². The second kappa shape index (κ2) is 7.77. The van der Waals surface area contributed by atoms with Crippen LogP contribution in [0.4, 0.5) is 0 Å². The molecular formula is C14H23N5O4S. The Balaban J connectivity index is 1.91. The Hall–Kier alpha value is -1.91. The highest BCUT2D eigenvalue weighted by Crippen LogP contribution is 2.23. The van der Waals surface area contributed by atoms with E-state index in [1.807, 2.05) is 0 Å². The van der Waals surface area contributed by atoms with Crippen molar-refractivity contribution in [3.05, 3.63) is 18.0 Å². The van der Waals surface area contributed by atoms with Gasteiger partial charge in [-0.1, -0.05) is 12.8 Å². The van der Waals surface area contributed by atoms with Crippen molar-refractivity contribution in [2.45, 2.75) is 36.6 Å². The molecule has 24 heavy (non-hydrogen) atoms. The van der Waals surface area contributed by atoms with E-state index in [1.54, 1.807) is 0 Å². The van der Waals surface area contributed by atoms with Crippen LogP contribution in [0, 0.1) is 5.92 Å². The fraction of sp³-hybridized carbons (Fsp3) is 0.571. The van der Waals surface area contributed by atoms with Crippen LogP contribution in [0.25, 0.3) is 0 Å². The van der Waals surface area contributed by atoms with Gasteiger partial charge in [0.15, 0.2) is 0 Å². The standard InChI is InChI=1S/C14H23N5O4S/c15-6-9-3-1-2-4-11(9)19-13(20)8-18-24(22,23)10-5-12(14(16)21)17-7-10/h5,7,9,11,17-18H,1-4,6,8,15H2,(H2,16,21)(H,19,20). The average molecular weight is 357 g/mol. The van der Waals surface area contributed by atoms with Gasteiger partial charge in [-0.3, -0.25) is 9.59 Å². The number of sulfonamides is 1. The average Bonchev–Trinajstić information content (AvgIpc) is 3.05. The molecule has 1 fully saturated rings. The quantitative estimate of drug-likeness (QED) is 0.423. The first-order chi connectivity index (χ1) is 11.3. The lowest BCUT2D eigenvalue weighted by Gasteiger charge is -2.31. The van der Waals surface area contributed by atoms with Gasteiger partial charge in [-0.05, 0) is 31.4 Å². The molecule has 9 nitrogen and oxygen atoms in total. The molecule has 1 heterocycles. The number of rotatable bonds is 7. The van der Waals surface area contributed by atoms with Crippen molar-refractivity contribution < 1.29 is 18.0 Å². The first kappa shape index (κ1) is 18.4. The molecule has 0 bridgehead atoms. The van der Waals surface area contributed by atoms with Crippen LogP contribution in [0.1, 0.15) is 36.2 Å². The molecule has 0 spiro atoms. The van der Waals surface area contributed by atoms with Crippen LogP contribution in [0.5, 0.6) is 0 Å². The number of carbonyl (C=O) groups is 2. The number of aromatic amines is 1. The molecule has 2 rings (SSSR count).